The van der Waals surface area contributed by atoms with E-state index < -0.39 is 0 Å². The molecule has 2 aromatic rings. The molecule has 0 fully saturated rings. The summed E-state index contributed by atoms with van der Waals surface area (Å²) in [6.45, 7) is 0.508. The number of benzene rings is 2. The number of methoxy groups -OCH3 is 1. The Hall–Kier alpha value is -0.590. The lowest BCUT2D eigenvalue weighted by molar-refractivity contribution is 0.409. The number of hydrogen-bond donors (Lipinski definition) is 1. The molecular weight excluding hydrogens is 457 g/mol. The number of hydrogen-bond acceptors (Lipinski definition) is 2. The third-order valence-corrected chi connectivity index (χ3v) is 4.34. The van der Waals surface area contributed by atoms with Crippen LogP contribution in [0.1, 0.15) is 5.56 Å². The molecule has 2 aromatic carbocycles. The fraction of sp³-hybridized carbons (Fsp3) is 0.143. The van der Waals surface area contributed by atoms with Gasteiger partial charge in [-0.3, -0.25) is 0 Å². The number of halogens is 4. The van der Waals surface area contributed by atoms with Crippen LogP contribution in [-0.4, -0.2) is 7.11 Å². The van der Waals surface area contributed by atoms with E-state index in [0.717, 1.165) is 24.7 Å². The molecule has 0 saturated heterocycles. The maximum Gasteiger partial charge on any atom is 0.147 e. The fourth-order valence-electron chi connectivity index (χ4n) is 1.74. The molecule has 0 spiro atoms. The van der Waals surface area contributed by atoms with Gasteiger partial charge in [0.25, 0.3) is 0 Å². The quantitative estimate of drug-likeness (QED) is 0.619. The summed E-state index contributed by atoms with van der Waals surface area (Å²) < 4.78 is 21.4. The Labute approximate surface area is 142 Å². The third kappa shape index (κ3) is 3.74. The summed E-state index contributed by atoms with van der Waals surface area (Å²) in [5, 5.41) is 3.07. The van der Waals surface area contributed by atoms with Crippen LogP contribution in [-0.2, 0) is 6.54 Å². The summed E-state index contributed by atoms with van der Waals surface area (Å²) in [6, 6.07) is 8.68. The zero-order valence-electron chi connectivity index (χ0n) is 10.5. The number of nitrogens with one attached hydrogen (secondary N) is 1. The first kappa shape index (κ1) is 15.8. The van der Waals surface area contributed by atoms with Crippen LogP contribution in [0.3, 0.4) is 0 Å². The predicted molar refractivity (Wildman–Crippen MR) is 89.8 cm³/mol. The summed E-state index contributed by atoms with van der Waals surface area (Å²) >= 11 is 10.2. The molecule has 0 saturated carbocycles. The maximum atomic E-state index is 13.6. The molecule has 6 heteroatoms. The first-order valence-electron chi connectivity index (χ1n) is 5.72. The first-order chi connectivity index (χ1) is 9.51. The monoisotopic (exact) mass is 465 g/mol. The van der Waals surface area contributed by atoms with Crippen molar-refractivity contribution in [2.24, 2.45) is 0 Å². The van der Waals surface area contributed by atoms with Crippen molar-refractivity contribution in [3.8, 4) is 5.75 Å². The van der Waals surface area contributed by atoms with Gasteiger partial charge in [0, 0.05) is 11.0 Å². The van der Waals surface area contributed by atoms with Crippen molar-refractivity contribution in [2.75, 3.05) is 12.4 Å². The van der Waals surface area contributed by atoms with E-state index in [-0.39, 0.29) is 5.82 Å². The Bertz CT molecular complexity index is 611. The van der Waals surface area contributed by atoms with Gasteiger partial charge in [-0.2, -0.15) is 0 Å². The van der Waals surface area contributed by atoms with Crippen LogP contribution < -0.4 is 10.1 Å². The summed E-state index contributed by atoms with van der Waals surface area (Å²) in [5.41, 5.74) is 1.46. The zero-order valence-corrected chi connectivity index (χ0v) is 15.3. The van der Waals surface area contributed by atoms with Gasteiger partial charge in [0.2, 0.25) is 0 Å². The van der Waals surface area contributed by atoms with Crippen molar-refractivity contribution in [1.82, 2.24) is 0 Å². The maximum absolute atomic E-state index is 13.6. The van der Waals surface area contributed by atoms with E-state index in [2.05, 4.69) is 53.1 Å². The molecule has 2 nitrogen and oxygen atoms in total. The van der Waals surface area contributed by atoms with E-state index in [1.165, 1.54) is 6.07 Å². The van der Waals surface area contributed by atoms with Crippen molar-refractivity contribution in [1.29, 1.82) is 0 Å². The van der Waals surface area contributed by atoms with E-state index in [1.807, 2.05) is 12.1 Å². The molecule has 2 rings (SSSR count). The van der Waals surface area contributed by atoms with E-state index in [0.29, 0.717) is 12.2 Å². The van der Waals surface area contributed by atoms with Crippen LogP contribution >= 0.6 is 47.8 Å². The van der Waals surface area contributed by atoms with Crippen LogP contribution in [0.25, 0.3) is 0 Å². The second kappa shape index (κ2) is 6.91. The van der Waals surface area contributed by atoms with Gasteiger partial charge in [-0.05, 0) is 67.8 Å². The highest BCUT2D eigenvalue weighted by Crippen LogP contribution is 2.34. The highest BCUT2D eigenvalue weighted by Gasteiger charge is 2.08. The third-order valence-electron chi connectivity index (χ3n) is 2.67. The lowest BCUT2D eigenvalue weighted by Gasteiger charge is -2.11. The molecule has 20 heavy (non-hydrogen) atoms. The second-order valence-electron chi connectivity index (χ2n) is 4.07. The molecule has 0 radical (unpaired) electrons. The zero-order chi connectivity index (χ0) is 14.7. The van der Waals surface area contributed by atoms with Gasteiger partial charge in [-0.15, -0.1) is 0 Å². The largest absolute Gasteiger partial charge is 0.494 e. The van der Waals surface area contributed by atoms with Crippen LogP contribution in [0.5, 0.6) is 5.75 Å². The average Bonchev–Trinajstić information content (AvgIpc) is 2.39. The average molecular weight is 468 g/mol. The molecule has 1 N–H and O–H groups in total. The molecule has 106 valence electrons. The Morgan fingerprint density at radius 2 is 1.75 bits per heavy atom. The van der Waals surface area contributed by atoms with E-state index in [1.54, 1.807) is 19.2 Å². The van der Waals surface area contributed by atoms with Crippen molar-refractivity contribution < 1.29 is 9.13 Å². The van der Waals surface area contributed by atoms with Crippen molar-refractivity contribution in [2.45, 2.75) is 6.54 Å². The predicted octanol–water partition coefficient (Wildman–Crippen LogP) is 5.73. The van der Waals surface area contributed by atoms with E-state index >= 15 is 0 Å². The highest BCUT2D eigenvalue weighted by atomic mass is 79.9. The lowest BCUT2D eigenvalue weighted by atomic mass is 10.2. The minimum Gasteiger partial charge on any atom is -0.494 e. The van der Waals surface area contributed by atoms with E-state index in [4.69, 9.17) is 4.74 Å². The molecule has 0 unspecified atom stereocenters. The molecule has 0 aliphatic carbocycles. The molecule has 0 heterocycles. The Morgan fingerprint density at radius 1 is 1.10 bits per heavy atom. The standard InChI is InChI=1S/C14H11Br3FNO/c1-20-14-10(16)4-8(5-11(14)17)7-19-13-6-9(15)2-3-12(13)18/h2-6,19H,7H2,1H3. The van der Waals surface area contributed by atoms with Gasteiger partial charge in [-0.1, -0.05) is 15.9 Å². The SMILES string of the molecule is COc1c(Br)cc(CNc2cc(Br)ccc2F)cc1Br. The molecule has 0 aliphatic rings. The van der Waals surface area contributed by atoms with Crippen LogP contribution in [0.4, 0.5) is 10.1 Å². The summed E-state index contributed by atoms with van der Waals surface area (Å²) in [4.78, 5) is 0. The first-order valence-corrected chi connectivity index (χ1v) is 8.10. The molecule has 0 atom stereocenters. The smallest absolute Gasteiger partial charge is 0.147 e. The van der Waals surface area contributed by atoms with Crippen molar-refractivity contribution >= 4 is 53.5 Å². The number of rotatable bonds is 4. The number of ether oxygens (including phenoxy) is 1. The Balaban J connectivity index is 2.17. The summed E-state index contributed by atoms with van der Waals surface area (Å²) in [5.74, 6) is 0.460. The molecule has 0 aromatic heterocycles. The number of anilines is 1. The second-order valence-corrected chi connectivity index (χ2v) is 6.69. The minimum atomic E-state index is -0.278. The Kier molecular flexibility index (Phi) is 5.46. The minimum absolute atomic E-state index is 0.278. The summed E-state index contributed by atoms with van der Waals surface area (Å²) in [7, 11) is 1.61. The van der Waals surface area contributed by atoms with Gasteiger partial charge >= 0.3 is 0 Å². The molecule has 0 bridgehead atoms. The van der Waals surface area contributed by atoms with Crippen LogP contribution in [0.2, 0.25) is 0 Å². The fourth-order valence-corrected chi connectivity index (χ4v) is 3.71. The topological polar surface area (TPSA) is 21.3 Å². The van der Waals surface area contributed by atoms with Gasteiger partial charge < -0.3 is 10.1 Å². The van der Waals surface area contributed by atoms with Gasteiger partial charge in [-0.25, -0.2) is 4.39 Å². The molecular formula is C14H11Br3FNO. The Morgan fingerprint density at radius 3 is 2.35 bits per heavy atom. The van der Waals surface area contributed by atoms with Crippen LogP contribution in [0.15, 0.2) is 43.7 Å². The highest BCUT2D eigenvalue weighted by molar-refractivity contribution is 9.11. The van der Waals surface area contributed by atoms with E-state index in [9.17, 15) is 4.39 Å². The van der Waals surface area contributed by atoms with Gasteiger partial charge in [0.05, 0.1) is 21.7 Å². The van der Waals surface area contributed by atoms with Crippen LogP contribution in [0, 0.1) is 5.82 Å². The molecule has 0 amide bonds. The van der Waals surface area contributed by atoms with Gasteiger partial charge in [0.1, 0.15) is 11.6 Å². The van der Waals surface area contributed by atoms with Gasteiger partial charge in [0.15, 0.2) is 0 Å². The summed E-state index contributed by atoms with van der Waals surface area (Å²) in [6.07, 6.45) is 0. The molecule has 0 aliphatic heterocycles. The van der Waals surface area contributed by atoms with Crippen molar-refractivity contribution in [3.05, 3.63) is 55.1 Å². The normalized spacial score (nSPS) is 10.4. The van der Waals surface area contributed by atoms with Crippen molar-refractivity contribution in [3.63, 3.8) is 0 Å². The lowest BCUT2D eigenvalue weighted by Crippen LogP contribution is -2.02.